The van der Waals surface area contributed by atoms with Crippen molar-refractivity contribution in [1.29, 1.82) is 0 Å². The third-order valence-electron chi connectivity index (χ3n) is 6.63. The smallest absolute Gasteiger partial charge is 0.168 e. The van der Waals surface area contributed by atoms with E-state index in [0.29, 0.717) is 0 Å². The molecular weight excluding hydrogens is 439 g/mol. The SMILES string of the molecule is Fc1ccc(-n2ncc3c(N4CCN(C(c5ccccc5)c5ccccc5)CC4)ncnc32)cc1. The number of nitrogens with zero attached hydrogens (tertiary/aromatic N) is 6. The van der Waals surface area contributed by atoms with E-state index in [9.17, 15) is 4.39 Å². The van der Waals surface area contributed by atoms with Crippen molar-refractivity contribution < 1.29 is 4.39 Å². The van der Waals surface area contributed by atoms with E-state index in [4.69, 9.17) is 0 Å². The molecule has 6 rings (SSSR count). The number of fused-ring (bicyclic) bond motifs is 1. The zero-order chi connectivity index (χ0) is 23.6. The second kappa shape index (κ2) is 9.27. The van der Waals surface area contributed by atoms with Gasteiger partial charge in [0.2, 0.25) is 0 Å². The van der Waals surface area contributed by atoms with E-state index >= 15 is 0 Å². The van der Waals surface area contributed by atoms with Gasteiger partial charge in [0.05, 0.1) is 23.3 Å². The van der Waals surface area contributed by atoms with Crippen LogP contribution >= 0.6 is 0 Å². The molecule has 0 N–H and O–H groups in total. The summed E-state index contributed by atoms with van der Waals surface area (Å²) in [4.78, 5) is 14.0. The number of halogens is 1. The highest BCUT2D eigenvalue weighted by molar-refractivity contribution is 5.87. The number of hydrogen-bond donors (Lipinski definition) is 0. The molecule has 1 aliphatic heterocycles. The molecule has 1 aliphatic rings. The lowest BCUT2D eigenvalue weighted by atomic mass is 9.96. The molecule has 0 amide bonds. The molecule has 3 aromatic carbocycles. The second-order valence-corrected chi connectivity index (χ2v) is 8.71. The molecular formula is C28H25FN6. The minimum Gasteiger partial charge on any atom is -0.353 e. The molecule has 0 spiro atoms. The van der Waals surface area contributed by atoms with Crippen LogP contribution in [0.4, 0.5) is 10.2 Å². The summed E-state index contributed by atoms with van der Waals surface area (Å²) in [5.41, 5.74) is 4.09. The highest BCUT2D eigenvalue weighted by Gasteiger charge is 2.28. The highest BCUT2D eigenvalue weighted by Crippen LogP contribution is 2.31. The first kappa shape index (κ1) is 21.4. The Balaban J connectivity index is 1.26. The zero-order valence-electron chi connectivity index (χ0n) is 19.2. The average Bonchev–Trinajstić information content (AvgIpc) is 3.35. The number of piperazine rings is 1. The Bertz CT molecular complexity index is 1370. The van der Waals surface area contributed by atoms with Gasteiger partial charge < -0.3 is 4.90 Å². The summed E-state index contributed by atoms with van der Waals surface area (Å²) in [7, 11) is 0. The van der Waals surface area contributed by atoms with E-state index in [2.05, 4.69) is 85.5 Å². The van der Waals surface area contributed by atoms with Crippen LogP contribution in [0.15, 0.2) is 97.5 Å². The first-order valence-corrected chi connectivity index (χ1v) is 11.8. The van der Waals surface area contributed by atoms with Crippen molar-refractivity contribution >= 4 is 16.9 Å². The molecule has 0 atom stereocenters. The average molecular weight is 465 g/mol. The van der Waals surface area contributed by atoms with Crippen LogP contribution in [0.3, 0.4) is 0 Å². The van der Waals surface area contributed by atoms with Gasteiger partial charge in [-0.1, -0.05) is 60.7 Å². The third kappa shape index (κ3) is 4.15. The van der Waals surface area contributed by atoms with Gasteiger partial charge in [0.15, 0.2) is 5.65 Å². The Labute approximate surface area is 203 Å². The molecule has 1 saturated heterocycles. The topological polar surface area (TPSA) is 50.1 Å². The van der Waals surface area contributed by atoms with Gasteiger partial charge in [-0.25, -0.2) is 19.0 Å². The van der Waals surface area contributed by atoms with Crippen molar-refractivity contribution in [1.82, 2.24) is 24.6 Å². The van der Waals surface area contributed by atoms with Crippen molar-refractivity contribution in [2.45, 2.75) is 6.04 Å². The molecule has 0 unspecified atom stereocenters. The Morgan fingerprint density at radius 2 is 1.34 bits per heavy atom. The number of hydrogen-bond acceptors (Lipinski definition) is 5. The highest BCUT2D eigenvalue weighted by atomic mass is 19.1. The Morgan fingerprint density at radius 1 is 0.714 bits per heavy atom. The Morgan fingerprint density at radius 3 is 1.97 bits per heavy atom. The van der Waals surface area contributed by atoms with E-state index in [1.54, 1.807) is 29.3 Å². The van der Waals surface area contributed by atoms with Crippen LogP contribution in [0.25, 0.3) is 16.7 Å². The summed E-state index contributed by atoms with van der Waals surface area (Å²) in [5, 5.41) is 5.42. The first-order chi connectivity index (χ1) is 17.3. The van der Waals surface area contributed by atoms with Crippen molar-refractivity contribution in [3.63, 3.8) is 0 Å². The van der Waals surface area contributed by atoms with Gasteiger partial charge >= 0.3 is 0 Å². The van der Waals surface area contributed by atoms with Crippen molar-refractivity contribution in [2.24, 2.45) is 0 Å². The lowest BCUT2D eigenvalue weighted by molar-refractivity contribution is 0.212. The molecule has 1 fully saturated rings. The lowest BCUT2D eigenvalue weighted by Gasteiger charge is -2.40. The first-order valence-electron chi connectivity index (χ1n) is 11.8. The number of anilines is 1. The quantitative estimate of drug-likeness (QED) is 0.372. The maximum atomic E-state index is 13.4. The van der Waals surface area contributed by atoms with Gasteiger partial charge in [-0.15, -0.1) is 0 Å². The fraction of sp³-hybridized carbons (Fsp3) is 0.179. The molecule has 5 aromatic rings. The summed E-state index contributed by atoms with van der Waals surface area (Å²) >= 11 is 0. The normalized spacial score (nSPS) is 14.6. The van der Waals surface area contributed by atoms with Crippen LogP contribution in [0.2, 0.25) is 0 Å². The second-order valence-electron chi connectivity index (χ2n) is 8.71. The van der Waals surface area contributed by atoms with Crippen LogP contribution in [-0.4, -0.2) is 50.8 Å². The molecule has 35 heavy (non-hydrogen) atoms. The van der Waals surface area contributed by atoms with E-state index < -0.39 is 0 Å². The van der Waals surface area contributed by atoms with E-state index in [1.165, 1.54) is 23.3 Å². The minimum atomic E-state index is -0.275. The number of aromatic nitrogens is 4. The summed E-state index contributed by atoms with van der Waals surface area (Å²) in [6.07, 6.45) is 3.39. The fourth-order valence-corrected chi connectivity index (χ4v) is 4.93. The molecule has 2 aromatic heterocycles. The minimum absolute atomic E-state index is 0.214. The molecule has 0 aliphatic carbocycles. The van der Waals surface area contributed by atoms with Crippen LogP contribution in [0, 0.1) is 5.82 Å². The molecule has 0 bridgehead atoms. The van der Waals surface area contributed by atoms with Gasteiger partial charge in [-0.2, -0.15) is 5.10 Å². The molecule has 174 valence electrons. The van der Waals surface area contributed by atoms with Crippen molar-refractivity contribution in [3.8, 4) is 5.69 Å². The molecule has 7 heteroatoms. The summed E-state index contributed by atoms with van der Waals surface area (Å²) in [6, 6.07) is 27.9. The van der Waals surface area contributed by atoms with Crippen molar-refractivity contribution in [2.75, 3.05) is 31.1 Å². The largest absolute Gasteiger partial charge is 0.353 e. The van der Waals surface area contributed by atoms with Crippen molar-refractivity contribution in [3.05, 3.63) is 114 Å². The van der Waals surface area contributed by atoms with Gasteiger partial charge in [-0.05, 0) is 35.4 Å². The molecule has 0 saturated carbocycles. The summed E-state index contributed by atoms with van der Waals surface area (Å²) in [6.45, 7) is 3.52. The Hall–Kier alpha value is -4.10. The maximum absolute atomic E-state index is 13.4. The summed E-state index contributed by atoms with van der Waals surface area (Å²) < 4.78 is 15.1. The van der Waals surface area contributed by atoms with Crippen LogP contribution in [0.1, 0.15) is 17.2 Å². The standard InChI is InChI=1S/C28H25FN6/c29-23-11-13-24(14-12-23)35-28-25(19-32-35)27(30-20-31-28)34-17-15-33(16-18-34)26(21-7-3-1-4-8-21)22-9-5-2-6-10-22/h1-14,19-20,26H,15-18H2. The van der Waals surface area contributed by atoms with Crippen LogP contribution < -0.4 is 4.90 Å². The van der Waals surface area contributed by atoms with E-state index in [0.717, 1.165) is 48.7 Å². The van der Waals surface area contributed by atoms with E-state index in [1.807, 2.05) is 0 Å². The molecule has 6 nitrogen and oxygen atoms in total. The fourth-order valence-electron chi connectivity index (χ4n) is 4.93. The van der Waals surface area contributed by atoms with Gasteiger partial charge in [0, 0.05) is 26.2 Å². The van der Waals surface area contributed by atoms with Gasteiger partial charge in [0.1, 0.15) is 18.0 Å². The van der Waals surface area contributed by atoms with Crippen LogP contribution in [-0.2, 0) is 0 Å². The molecule has 3 heterocycles. The maximum Gasteiger partial charge on any atom is 0.168 e. The third-order valence-corrected chi connectivity index (χ3v) is 6.63. The monoisotopic (exact) mass is 464 g/mol. The summed E-state index contributed by atoms with van der Waals surface area (Å²) in [5.74, 6) is 0.613. The lowest BCUT2D eigenvalue weighted by Crippen LogP contribution is -2.48. The van der Waals surface area contributed by atoms with Crippen LogP contribution in [0.5, 0.6) is 0 Å². The van der Waals surface area contributed by atoms with Gasteiger partial charge in [0.25, 0.3) is 0 Å². The zero-order valence-corrected chi connectivity index (χ0v) is 19.2. The predicted octanol–water partition coefficient (Wildman–Crippen LogP) is 4.87. The molecule has 0 radical (unpaired) electrons. The van der Waals surface area contributed by atoms with E-state index in [-0.39, 0.29) is 11.9 Å². The Kier molecular flexibility index (Phi) is 5.68. The predicted molar refractivity (Wildman–Crippen MR) is 135 cm³/mol. The number of rotatable bonds is 5. The van der Waals surface area contributed by atoms with Gasteiger partial charge in [-0.3, -0.25) is 4.90 Å². The number of benzene rings is 3.